The fourth-order valence-corrected chi connectivity index (χ4v) is 2.53. The molecule has 3 N–H and O–H groups in total. The highest BCUT2D eigenvalue weighted by atomic mass is 16.4. The molecule has 5 nitrogen and oxygen atoms in total. The third-order valence-electron chi connectivity index (χ3n) is 3.87. The van der Waals surface area contributed by atoms with E-state index in [9.17, 15) is 14.7 Å². The molecule has 5 heteroatoms. The summed E-state index contributed by atoms with van der Waals surface area (Å²) in [5.41, 5.74) is 6.58. The normalized spacial score (nSPS) is 18.6. The topological polar surface area (TPSA) is 83.6 Å². The molecule has 0 bridgehead atoms. The predicted molar refractivity (Wildman–Crippen MR) is 75.1 cm³/mol. The first-order valence-corrected chi connectivity index (χ1v) is 6.70. The van der Waals surface area contributed by atoms with Gasteiger partial charge in [-0.2, -0.15) is 0 Å². The number of benzene rings is 1. The third kappa shape index (κ3) is 2.41. The lowest BCUT2D eigenvalue weighted by Gasteiger charge is -2.39. The quantitative estimate of drug-likeness (QED) is 0.868. The van der Waals surface area contributed by atoms with Gasteiger partial charge in [-0.15, -0.1) is 0 Å². The maximum Gasteiger partial charge on any atom is 0.331 e. The van der Waals surface area contributed by atoms with Crippen molar-refractivity contribution < 1.29 is 14.7 Å². The van der Waals surface area contributed by atoms with Crippen LogP contribution in [-0.4, -0.2) is 35.0 Å². The zero-order chi connectivity index (χ0) is 14.9. The number of carboxylic acid groups (broad SMARTS) is 1. The number of hydrogen-bond acceptors (Lipinski definition) is 3. The zero-order valence-electron chi connectivity index (χ0n) is 11.8. The molecule has 0 fully saturated rings. The van der Waals surface area contributed by atoms with Crippen LogP contribution < -0.4 is 5.73 Å². The number of amides is 1. The van der Waals surface area contributed by atoms with Gasteiger partial charge in [-0.1, -0.05) is 24.3 Å². The second-order valence-corrected chi connectivity index (χ2v) is 5.78. The molecule has 1 amide bonds. The van der Waals surface area contributed by atoms with E-state index in [-0.39, 0.29) is 12.5 Å². The van der Waals surface area contributed by atoms with E-state index in [0.29, 0.717) is 18.5 Å². The van der Waals surface area contributed by atoms with Gasteiger partial charge in [-0.25, -0.2) is 4.79 Å². The summed E-state index contributed by atoms with van der Waals surface area (Å²) in [7, 11) is 0. The van der Waals surface area contributed by atoms with Crippen LogP contribution in [0.4, 0.5) is 0 Å². The van der Waals surface area contributed by atoms with E-state index in [1.165, 1.54) is 4.90 Å². The average Bonchev–Trinajstić information content (AvgIpc) is 2.44. The molecule has 0 spiro atoms. The summed E-state index contributed by atoms with van der Waals surface area (Å²) in [6, 6.07) is 6.47. The number of nitrogens with two attached hydrogens (primary N) is 1. The van der Waals surface area contributed by atoms with Gasteiger partial charge in [0.1, 0.15) is 0 Å². The maximum atomic E-state index is 12.6. The number of nitrogens with zero attached hydrogens (tertiary/aromatic N) is 1. The highest BCUT2D eigenvalue weighted by Crippen LogP contribution is 2.33. The van der Waals surface area contributed by atoms with Crippen LogP contribution in [0, 0.1) is 5.41 Å². The van der Waals surface area contributed by atoms with E-state index < -0.39 is 17.4 Å². The second-order valence-electron chi connectivity index (χ2n) is 5.78. The number of carbonyl (C=O) groups is 2. The maximum absolute atomic E-state index is 12.6. The smallest absolute Gasteiger partial charge is 0.331 e. The van der Waals surface area contributed by atoms with Crippen LogP contribution in [0.2, 0.25) is 0 Å². The molecule has 0 saturated heterocycles. The minimum Gasteiger partial charge on any atom is -0.479 e. The van der Waals surface area contributed by atoms with Crippen molar-refractivity contribution in [3.8, 4) is 0 Å². The summed E-state index contributed by atoms with van der Waals surface area (Å²) < 4.78 is 0. The first-order valence-electron chi connectivity index (χ1n) is 6.70. The molecular weight excluding hydrogens is 256 g/mol. The van der Waals surface area contributed by atoms with E-state index in [4.69, 9.17) is 5.73 Å². The SMILES string of the molecule is CC(C)(CN)C(=O)N1CCc2ccccc2C1C(=O)O. The predicted octanol–water partition coefficient (Wildman–Crippen LogP) is 1.18. The van der Waals surface area contributed by atoms with Gasteiger partial charge < -0.3 is 15.7 Å². The molecule has 1 unspecified atom stereocenters. The minimum absolute atomic E-state index is 0.191. The summed E-state index contributed by atoms with van der Waals surface area (Å²) in [6.07, 6.45) is 0.673. The number of carbonyl (C=O) groups excluding carboxylic acids is 1. The number of fused-ring (bicyclic) bond motifs is 1. The van der Waals surface area contributed by atoms with Gasteiger partial charge in [0.2, 0.25) is 5.91 Å². The lowest BCUT2D eigenvalue weighted by Crippen LogP contribution is -2.50. The standard InChI is InChI=1S/C15H20N2O3/c1-15(2,9-16)14(20)17-8-7-10-5-3-4-6-11(10)12(17)13(18)19/h3-6,12H,7-9,16H2,1-2H3,(H,18,19). The Morgan fingerprint density at radius 3 is 2.65 bits per heavy atom. The summed E-state index contributed by atoms with van der Waals surface area (Å²) in [4.78, 5) is 25.6. The van der Waals surface area contributed by atoms with Crippen molar-refractivity contribution in [3.05, 3.63) is 35.4 Å². The van der Waals surface area contributed by atoms with Crippen LogP contribution in [-0.2, 0) is 16.0 Å². The average molecular weight is 276 g/mol. The van der Waals surface area contributed by atoms with Crippen LogP contribution in [0.1, 0.15) is 31.0 Å². The van der Waals surface area contributed by atoms with Crippen molar-refractivity contribution in [2.24, 2.45) is 11.1 Å². The van der Waals surface area contributed by atoms with Gasteiger partial charge >= 0.3 is 5.97 Å². The van der Waals surface area contributed by atoms with Crippen LogP contribution in [0.25, 0.3) is 0 Å². The van der Waals surface area contributed by atoms with Crippen LogP contribution in [0.15, 0.2) is 24.3 Å². The molecule has 1 aromatic carbocycles. The molecule has 1 aliphatic rings. The molecule has 1 aromatic rings. The van der Waals surface area contributed by atoms with E-state index in [1.807, 2.05) is 12.1 Å². The second kappa shape index (κ2) is 5.25. The lowest BCUT2D eigenvalue weighted by molar-refractivity contribution is -0.155. The highest BCUT2D eigenvalue weighted by molar-refractivity contribution is 5.88. The number of hydrogen-bond donors (Lipinski definition) is 2. The van der Waals surface area contributed by atoms with Gasteiger partial charge in [-0.3, -0.25) is 4.79 Å². The van der Waals surface area contributed by atoms with E-state index in [0.717, 1.165) is 5.56 Å². The first kappa shape index (κ1) is 14.5. The van der Waals surface area contributed by atoms with Gasteiger partial charge in [0.05, 0.1) is 5.41 Å². The van der Waals surface area contributed by atoms with Gasteiger partial charge in [0.25, 0.3) is 0 Å². The molecular formula is C15H20N2O3. The Labute approximate surface area is 118 Å². The van der Waals surface area contributed by atoms with Crippen molar-refractivity contribution in [3.63, 3.8) is 0 Å². The molecule has 20 heavy (non-hydrogen) atoms. The first-order chi connectivity index (χ1) is 9.38. The molecule has 0 aromatic heterocycles. The summed E-state index contributed by atoms with van der Waals surface area (Å²) in [6.45, 7) is 4.09. The number of carboxylic acids is 1. The molecule has 1 atom stereocenters. The van der Waals surface area contributed by atoms with E-state index >= 15 is 0 Å². The number of aliphatic carboxylic acids is 1. The molecule has 0 saturated carbocycles. The van der Waals surface area contributed by atoms with Crippen LogP contribution >= 0.6 is 0 Å². The fourth-order valence-electron chi connectivity index (χ4n) is 2.53. The largest absolute Gasteiger partial charge is 0.479 e. The Hall–Kier alpha value is -1.88. The van der Waals surface area contributed by atoms with Crippen LogP contribution in [0.5, 0.6) is 0 Å². The Bertz CT molecular complexity index is 540. The van der Waals surface area contributed by atoms with Crippen molar-refractivity contribution in [2.75, 3.05) is 13.1 Å². The molecule has 108 valence electrons. The molecule has 1 heterocycles. The third-order valence-corrected chi connectivity index (χ3v) is 3.87. The molecule has 2 rings (SSSR count). The van der Waals surface area contributed by atoms with Crippen molar-refractivity contribution in [2.45, 2.75) is 26.3 Å². The monoisotopic (exact) mass is 276 g/mol. The number of rotatable bonds is 3. The Balaban J connectivity index is 2.42. The van der Waals surface area contributed by atoms with Gasteiger partial charge in [0.15, 0.2) is 6.04 Å². The summed E-state index contributed by atoms with van der Waals surface area (Å²) in [5.74, 6) is -1.21. The molecule has 0 radical (unpaired) electrons. The zero-order valence-corrected chi connectivity index (χ0v) is 11.8. The minimum atomic E-state index is -1.00. The van der Waals surface area contributed by atoms with Crippen molar-refractivity contribution >= 4 is 11.9 Å². The highest BCUT2D eigenvalue weighted by Gasteiger charge is 2.40. The summed E-state index contributed by atoms with van der Waals surface area (Å²) in [5, 5.41) is 9.52. The van der Waals surface area contributed by atoms with E-state index in [1.54, 1.807) is 26.0 Å². The van der Waals surface area contributed by atoms with Crippen molar-refractivity contribution in [1.82, 2.24) is 4.90 Å². The molecule has 1 aliphatic heterocycles. The molecule has 0 aliphatic carbocycles. The van der Waals surface area contributed by atoms with Crippen molar-refractivity contribution in [1.29, 1.82) is 0 Å². The Morgan fingerprint density at radius 2 is 2.05 bits per heavy atom. The Kier molecular flexibility index (Phi) is 3.81. The fraction of sp³-hybridized carbons (Fsp3) is 0.467. The van der Waals surface area contributed by atoms with Gasteiger partial charge in [0, 0.05) is 13.1 Å². The summed E-state index contributed by atoms with van der Waals surface area (Å²) >= 11 is 0. The Morgan fingerprint density at radius 1 is 1.40 bits per heavy atom. The van der Waals surface area contributed by atoms with E-state index in [2.05, 4.69) is 0 Å². The van der Waals surface area contributed by atoms with Gasteiger partial charge in [-0.05, 0) is 31.4 Å². The lowest BCUT2D eigenvalue weighted by atomic mass is 9.87. The van der Waals surface area contributed by atoms with Crippen LogP contribution in [0.3, 0.4) is 0 Å².